The third-order valence-corrected chi connectivity index (χ3v) is 9.17. The molecule has 0 aliphatic heterocycles. The van der Waals surface area contributed by atoms with Gasteiger partial charge in [0.15, 0.2) is 0 Å². The summed E-state index contributed by atoms with van der Waals surface area (Å²) in [5.74, 6) is 1.01. The second-order valence-corrected chi connectivity index (χ2v) is 15.2. The number of hydrogen-bond acceptors (Lipinski definition) is 0. The van der Waals surface area contributed by atoms with Crippen molar-refractivity contribution in [2.45, 2.75) is 51.7 Å². The molecule has 0 aromatic heterocycles. The first-order chi connectivity index (χ1) is 12.9. The van der Waals surface area contributed by atoms with Gasteiger partial charge < -0.3 is 0 Å². The van der Waals surface area contributed by atoms with E-state index in [2.05, 4.69) is 80.3 Å². The third-order valence-electron chi connectivity index (χ3n) is 7.10. The molecule has 27 heavy (non-hydrogen) atoms. The Labute approximate surface area is 164 Å². The number of benzene rings is 2. The number of allylic oxidation sites excluding steroid dienone is 2. The van der Waals surface area contributed by atoms with Crippen molar-refractivity contribution in [2.75, 3.05) is 0 Å². The molecule has 3 aliphatic carbocycles. The average molecular weight is 371 g/mol. The molecule has 2 bridgehead atoms. The van der Waals surface area contributed by atoms with Crippen molar-refractivity contribution < 1.29 is 0 Å². The van der Waals surface area contributed by atoms with Gasteiger partial charge in [0.2, 0.25) is 0 Å². The van der Waals surface area contributed by atoms with Gasteiger partial charge in [-0.25, -0.2) is 0 Å². The smallest absolute Gasteiger partial charge is 0.0710 e. The van der Waals surface area contributed by atoms with Crippen LogP contribution in [0.2, 0.25) is 19.6 Å². The molecule has 0 saturated heterocycles. The molecule has 5 rings (SSSR count). The molecular formula is C26H30Si. The predicted octanol–water partition coefficient (Wildman–Crippen LogP) is 4.98. The summed E-state index contributed by atoms with van der Waals surface area (Å²) in [6.07, 6.45) is 14.6. The lowest BCUT2D eigenvalue weighted by Gasteiger charge is -2.22. The van der Waals surface area contributed by atoms with Crippen molar-refractivity contribution in [3.8, 4) is 11.1 Å². The molecule has 0 N–H and O–H groups in total. The highest BCUT2D eigenvalue weighted by Crippen LogP contribution is 2.55. The van der Waals surface area contributed by atoms with Crippen molar-refractivity contribution in [1.82, 2.24) is 0 Å². The Morgan fingerprint density at radius 1 is 0.926 bits per heavy atom. The minimum atomic E-state index is -1.24. The first kappa shape index (κ1) is 17.2. The number of fused-ring (bicyclic) bond motifs is 3. The Hall–Kier alpha value is -1.86. The molecule has 0 heterocycles. The summed E-state index contributed by atoms with van der Waals surface area (Å²) in [5.41, 5.74) is 4.68. The lowest BCUT2D eigenvalue weighted by atomic mass is 9.82. The minimum Gasteiger partial charge on any atom is -0.0710 e. The van der Waals surface area contributed by atoms with E-state index in [9.17, 15) is 0 Å². The summed E-state index contributed by atoms with van der Waals surface area (Å²) in [7, 11) is -1.24. The van der Waals surface area contributed by atoms with Crippen molar-refractivity contribution in [2.24, 2.45) is 11.3 Å². The molecule has 0 atom stereocenters. The zero-order chi connectivity index (χ0) is 18.6. The van der Waals surface area contributed by atoms with Gasteiger partial charge in [-0.15, -0.1) is 0 Å². The van der Waals surface area contributed by atoms with Gasteiger partial charge in [0.25, 0.3) is 0 Å². The summed E-state index contributed by atoms with van der Waals surface area (Å²) >= 11 is 0. The molecule has 2 saturated carbocycles. The van der Waals surface area contributed by atoms with Crippen LogP contribution in [0, 0.1) is 11.3 Å². The summed E-state index contributed by atoms with van der Waals surface area (Å²) in [6.45, 7) is 7.24. The normalized spacial score (nSPS) is 27.5. The second kappa shape index (κ2) is 6.07. The highest BCUT2D eigenvalue weighted by Gasteiger charge is 2.43. The molecule has 0 spiro atoms. The Morgan fingerprint density at radius 2 is 1.67 bits per heavy atom. The Kier molecular flexibility index (Phi) is 3.88. The van der Waals surface area contributed by atoms with Crippen LogP contribution in [0.5, 0.6) is 0 Å². The van der Waals surface area contributed by atoms with E-state index in [4.69, 9.17) is 0 Å². The van der Waals surface area contributed by atoms with E-state index in [1.165, 1.54) is 64.4 Å². The molecule has 2 aromatic carbocycles. The van der Waals surface area contributed by atoms with E-state index in [1.807, 2.05) is 0 Å². The highest BCUT2D eigenvalue weighted by atomic mass is 28.3. The largest absolute Gasteiger partial charge is 0.0775 e. The fourth-order valence-electron chi connectivity index (χ4n) is 5.54. The van der Waals surface area contributed by atoms with E-state index in [0.717, 1.165) is 5.92 Å². The van der Waals surface area contributed by atoms with Gasteiger partial charge in [0, 0.05) is 0 Å². The summed E-state index contributed by atoms with van der Waals surface area (Å²) in [6, 6.07) is 16.1. The van der Waals surface area contributed by atoms with Crippen LogP contribution in [0.3, 0.4) is 0 Å². The quantitative estimate of drug-likeness (QED) is 0.669. The second-order valence-electron chi connectivity index (χ2n) is 10.1. The van der Waals surface area contributed by atoms with Crippen molar-refractivity contribution in [3.63, 3.8) is 0 Å². The molecular weight excluding hydrogens is 340 g/mol. The average Bonchev–Trinajstić information content (AvgIpc) is 3.34. The molecule has 1 heteroatoms. The summed E-state index contributed by atoms with van der Waals surface area (Å²) < 4.78 is 0. The maximum Gasteiger partial charge on any atom is 0.0775 e. The van der Waals surface area contributed by atoms with Crippen LogP contribution in [-0.4, -0.2) is 8.07 Å². The first-order valence-electron chi connectivity index (χ1n) is 10.6. The van der Waals surface area contributed by atoms with Crippen LogP contribution in [0.4, 0.5) is 0 Å². The lowest BCUT2D eigenvalue weighted by molar-refractivity contribution is 0.383. The maximum absolute atomic E-state index is 2.62. The Balaban J connectivity index is 1.54. The summed E-state index contributed by atoms with van der Waals surface area (Å²) in [5, 5.41) is 4.33. The maximum atomic E-state index is 2.62. The molecule has 2 fully saturated rings. The van der Waals surface area contributed by atoms with E-state index in [-0.39, 0.29) is 0 Å². The van der Waals surface area contributed by atoms with Gasteiger partial charge in [0.1, 0.15) is 0 Å². The SMILES string of the molecule is C[Si](C)(C)c1ccc(-c2cccc3c2=CC(=CC24CCC(CC2)C4)C=3)cc1. The monoisotopic (exact) mass is 370 g/mol. The van der Waals surface area contributed by atoms with Gasteiger partial charge in [-0.05, 0) is 82.7 Å². The third kappa shape index (κ3) is 3.06. The number of rotatable bonds is 3. The Bertz CT molecular complexity index is 1020. The number of hydrogen-bond donors (Lipinski definition) is 0. The van der Waals surface area contributed by atoms with E-state index in [1.54, 1.807) is 0 Å². The summed E-state index contributed by atoms with van der Waals surface area (Å²) in [4.78, 5) is 0. The van der Waals surface area contributed by atoms with Crippen LogP contribution in [0.25, 0.3) is 23.3 Å². The Morgan fingerprint density at radius 3 is 2.30 bits per heavy atom. The molecule has 0 amide bonds. The minimum absolute atomic E-state index is 0.508. The standard InChI is InChI=1S/C26H30Si/c1-27(2,3)23-9-7-21(8-10-23)24-6-4-5-22-15-20(16-25(22)24)18-26-13-11-19(17-26)12-14-26/h4-10,15-16,18-19H,11-14,17H2,1-3H3. The van der Waals surface area contributed by atoms with Crippen molar-refractivity contribution >= 4 is 25.4 Å². The molecule has 3 aliphatic rings. The van der Waals surface area contributed by atoms with E-state index < -0.39 is 8.07 Å². The van der Waals surface area contributed by atoms with Gasteiger partial charge in [-0.2, -0.15) is 0 Å². The van der Waals surface area contributed by atoms with Crippen LogP contribution in [-0.2, 0) is 0 Å². The first-order valence-corrected chi connectivity index (χ1v) is 14.1. The molecule has 138 valence electrons. The van der Waals surface area contributed by atoms with Gasteiger partial charge in [0.05, 0.1) is 8.07 Å². The van der Waals surface area contributed by atoms with E-state index >= 15 is 0 Å². The molecule has 0 nitrogen and oxygen atoms in total. The molecule has 0 unspecified atom stereocenters. The van der Waals surface area contributed by atoms with E-state index in [0.29, 0.717) is 5.41 Å². The van der Waals surface area contributed by atoms with Crippen molar-refractivity contribution in [3.05, 3.63) is 64.6 Å². The topological polar surface area (TPSA) is 0 Å². The van der Waals surface area contributed by atoms with Gasteiger partial charge in [-0.1, -0.05) is 73.4 Å². The van der Waals surface area contributed by atoms with Gasteiger partial charge >= 0.3 is 0 Å². The lowest BCUT2D eigenvalue weighted by Crippen LogP contribution is -2.37. The fraction of sp³-hybridized carbons (Fsp3) is 0.385. The van der Waals surface area contributed by atoms with Crippen LogP contribution in [0.15, 0.2) is 54.1 Å². The molecule has 0 radical (unpaired) electrons. The van der Waals surface area contributed by atoms with Gasteiger partial charge in [-0.3, -0.25) is 0 Å². The van der Waals surface area contributed by atoms with Crippen LogP contribution >= 0.6 is 0 Å². The zero-order valence-electron chi connectivity index (χ0n) is 16.9. The fourth-order valence-corrected chi connectivity index (χ4v) is 6.70. The van der Waals surface area contributed by atoms with Crippen LogP contribution < -0.4 is 15.6 Å². The highest BCUT2D eigenvalue weighted by molar-refractivity contribution is 6.88. The zero-order valence-corrected chi connectivity index (χ0v) is 17.9. The molecule has 2 aromatic rings. The predicted molar refractivity (Wildman–Crippen MR) is 120 cm³/mol. The van der Waals surface area contributed by atoms with Crippen molar-refractivity contribution in [1.29, 1.82) is 0 Å². The van der Waals surface area contributed by atoms with Crippen LogP contribution in [0.1, 0.15) is 32.1 Å².